The Balaban J connectivity index is 2.17. The summed E-state index contributed by atoms with van der Waals surface area (Å²) in [4.78, 5) is 12.0. The molecule has 0 bridgehead atoms. The first kappa shape index (κ1) is 11.8. The molecule has 0 saturated carbocycles. The highest BCUT2D eigenvalue weighted by molar-refractivity contribution is 5.80. The average molecular weight is 252 g/mol. The third kappa shape index (κ3) is 1.78. The van der Waals surface area contributed by atoms with Crippen LogP contribution >= 0.6 is 0 Å². The van der Waals surface area contributed by atoms with Gasteiger partial charge in [0.05, 0.1) is 5.69 Å². The van der Waals surface area contributed by atoms with E-state index in [1.54, 1.807) is 11.9 Å². The van der Waals surface area contributed by atoms with Crippen LogP contribution in [-0.2, 0) is 4.79 Å². The van der Waals surface area contributed by atoms with Gasteiger partial charge in [0.15, 0.2) is 0 Å². The molecule has 1 heterocycles. The van der Waals surface area contributed by atoms with Gasteiger partial charge in [-0.2, -0.15) is 0 Å². The Labute approximate surface area is 113 Å². The smallest absolute Gasteiger partial charge is 0.238 e. The maximum atomic E-state index is 12.0. The summed E-state index contributed by atoms with van der Waals surface area (Å²) in [6.45, 7) is 1.61. The van der Waals surface area contributed by atoms with E-state index >= 15 is 0 Å². The lowest BCUT2D eigenvalue weighted by atomic mass is 9.98. The van der Waals surface area contributed by atoms with E-state index in [0.717, 1.165) is 11.3 Å². The van der Waals surface area contributed by atoms with Gasteiger partial charge >= 0.3 is 0 Å². The van der Waals surface area contributed by atoms with E-state index in [1.165, 1.54) is 5.56 Å². The number of hydrogen-bond acceptors (Lipinski definition) is 2. The van der Waals surface area contributed by atoms with Crippen molar-refractivity contribution in [2.45, 2.75) is 13.0 Å². The first-order chi connectivity index (χ1) is 9.20. The number of carbonyl (C=O) groups excluding carboxylic acids is 1. The largest absolute Gasteiger partial charge is 0.285 e. The SMILES string of the molecule is CC(=O)N1C(c2ccccc2)c2ccccc2N1C. The van der Waals surface area contributed by atoms with Crippen molar-refractivity contribution in [2.75, 3.05) is 12.1 Å². The first-order valence-corrected chi connectivity index (χ1v) is 6.37. The number of anilines is 1. The molecule has 0 spiro atoms. The van der Waals surface area contributed by atoms with Crippen LogP contribution in [0.5, 0.6) is 0 Å². The quantitative estimate of drug-likeness (QED) is 0.779. The van der Waals surface area contributed by atoms with Gasteiger partial charge < -0.3 is 0 Å². The van der Waals surface area contributed by atoms with Crippen LogP contribution in [0.3, 0.4) is 0 Å². The van der Waals surface area contributed by atoms with Gasteiger partial charge in [-0.15, -0.1) is 0 Å². The number of rotatable bonds is 1. The highest BCUT2D eigenvalue weighted by Crippen LogP contribution is 2.42. The fraction of sp³-hybridized carbons (Fsp3) is 0.188. The van der Waals surface area contributed by atoms with E-state index in [2.05, 4.69) is 18.2 Å². The molecule has 3 nitrogen and oxygen atoms in total. The highest BCUT2D eigenvalue weighted by Gasteiger charge is 2.36. The van der Waals surface area contributed by atoms with Crippen LogP contribution in [0.1, 0.15) is 24.1 Å². The van der Waals surface area contributed by atoms with Crippen LogP contribution in [0.15, 0.2) is 54.6 Å². The molecule has 19 heavy (non-hydrogen) atoms. The van der Waals surface area contributed by atoms with Crippen LogP contribution in [0.2, 0.25) is 0 Å². The molecule has 2 aromatic carbocycles. The minimum Gasteiger partial charge on any atom is -0.285 e. The number of hydrogen-bond donors (Lipinski definition) is 0. The zero-order valence-electron chi connectivity index (χ0n) is 11.1. The van der Waals surface area contributed by atoms with Crippen LogP contribution in [-0.4, -0.2) is 18.0 Å². The minimum atomic E-state index is -0.0279. The molecule has 1 unspecified atom stereocenters. The topological polar surface area (TPSA) is 23.6 Å². The van der Waals surface area contributed by atoms with Crippen LogP contribution in [0, 0.1) is 0 Å². The summed E-state index contributed by atoms with van der Waals surface area (Å²) in [5.74, 6) is 0.0487. The minimum absolute atomic E-state index is 0.0279. The van der Waals surface area contributed by atoms with E-state index in [1.807, 2.05) is 48.5 Å². The lowest BCUT2D eigenvalue weighted by Crippen LogP contribution is -2.40. The molecule has 3 rings (SSSR count). The number of nitrogens with zero attached hydrogens (tertiary/aromatic N) is 2. The Kier molecular flexibility index (Phi) is 2.75. The molecule has 0 aliphatic carbocycles. The predicted molar refractivity (Wildman–Crippen MR) is 75.7 cm³/mol. The second kappa shape index (κ2) is 4.43. The van der Waals surface area contributed by atoms with E-state index in [9.17, 15) is 4.79 Å². The zero-order valence-corrected chi connectivity index (χ0v) is 11.1. The third-order valence-corrected chi connectivity index (χ3v) is 3.59. The summed E-state index contributed by atoms with van der Waals surface area (Å²) in [5, 5.41) is 3.75. The zero-order chi connectivity index (χ0) is 13.4. The van der Waals surface area contributed by atoms with E-state index in [0.29, 0.717) is 0 Å². The highest BCUT2D eigenvalue weighted by atomic mass is 16.2. The summed E-state index contributed by atoms with van der Waals surface area (Å²) in [5.41, 5.74) is 3.40. The standard InChI is InChI=1S/C16H16N2O/c1-12(19)18-16(13-8-4-3-5-9-13)14-10-6-7-11-15(14)17(18)2/h3-11,16H,1-2H3. The Morgan fingerprint density at radius 1 is 1.00 bits per heavy atom. The van der Waals surface area contributed by atoms with Crippen LogP contribution in [0.4, 0.5) is 5.69 Å². The Bertz CT molecular complexity index is 609. The van der Waals surface area contributed by atoms with Gasteiger partial charge in [-0.25, -0.2) is 5.01 Å². The third-order valence-electron chi connectivity index (χ3n) is 3.59. The van der Waals surface area contributed by atoms with Gasteiger partial charge in [0.2, 0.25) is 5.91 Å². The summed E-state index contributed by atoms with van der Waals surface area (Å²) in [6, 6.07) is 18.3. The summed E-state index contributed by atoms with van der Waals surface area (Å²) >= 11 is 0. The van der Waals surface area contributed by atoms with Crippen molar-refractivity contribution in [1.29, 1.82) is 0 Å². The molecule has 0 fully saturated rings. The second-order valence-electron chi connectivity index (χ2n) is 4.76. The summed E-state index contributed by atoms with van der Waals surface area (Å²) in [6.07, 6.45) is 0. The second-order valence-corrected chi connectivity index (χ2v) is 4.76. The Morgan fingerprint density at radius 2 is 1.63 bits per heavy atom. The molecule has 1 aliphatic rings. The molecule has 3 heteroatoms. The van der Waals surface area contributed by atoms with Gasteiger partial charge in [0, 0.05) is 19.5 Å². The number of fused-ring (bicyclic) bond motifs is 1. The van der Waals surface area contributed by atoms with E-state index < -0.39 is 0 Å². The lowest BCUT2D eigenvalue weighted by molar-refractivity contribution is -0.130. The molecule has 1 aliphatic heterocycles. The van der Waals surface area contributed by atoms with Crippen molar-refractivity contribution in [3.63, 3.8) is 0 Å². The number of carbonyl (C=O) groups is 1. The summed E-state index contributed by atoms with van der Waals surface area (Å²) < 4.78 is 0. The average Bonchev–Trinajstić information content (AvgIpc) is 2.74. The maximum Gasteiger partial charge on any atom is 0.238 e. The van der Waals surface area contributed by atoms with Gasteiger partial charge in [0.25, 0.3) is 0 Å². The Morgan fingerprint density at radius 3 is 2.32 bits per heavy atom. The number of benzene rings is 2. The van der Waals surface area contributed by atoms with Crippen LogP contribution in [0.25, 0.3) is 0 Å². The molecular weight excluding hydrogens is 236 g/mol. The van der Waals surface area contributed by atoms with E-state index in [4.69, 9.17) is 0 Å². The van der Waals surface area contributed by atoms with Crippen molar-refractivity contribution in [3.05, 3.63) is 65.7 Å². The monoisotopic (exact) mass is 252 g/mol. The van der Waals surface area contributed by atoms with Gasteiger partial charge in [-0.05, 0) is 11.6 Å². The molecule has 0 N–H and O–H groups in total. The van der Waals surface area contributed by atoms with Crippen molar-refractivity contribution in [3.8, 4) is 0 Å². The number of amides is 1. The Hall–Kier alpha value is -2.29. The fourth-order valence-electron chi connectivity index (χ4n) is 2.78. The molecule has 0 aromatic heterocycles. The first-order valence-electron chi connectivity index (χ1n) is 6.37. The normalized spacial score (nSPS) is 17.5. The molecule has 1 atom stereocenters. The summed E-state index contributed by atoms with van der Waals surface area (Å²) in [7, 11) is 1.93. The van der Waals surface area contributed by atoms with Gasteiger partial charge in [-0.3, -0.25) is 9.80 Å². The van der Waals surface area contributed by atoms with Crippen molar-refractivity contribution >= 4 is 11.6 Å². The van der Waals surface area contributed by atoms with Crippen LogP contribution < -0.4 is 5.01 Å². The lowest BCUT2D eigenvalue weighted by Gasteiger charge is -2.30. The molecule has 1 amide bonds. The molecular formula is C16H16N2O. The predicted octanol–water partition coefficient (Wildman–Crippen LogP) is 2.99. The van der Waals surface area contributed by atoms with Gasteiger partial charge in [-0.1, -0.05) is 48.5 Å². The van der Waals surface area contributed by atoms with Crippen molar-refractivity contribution in [2.24, 2.45) is 0 Å². The number of hydrazine groups is 1. The van der Waals surface area contributed by atoms with Crippen molar-refractivity contribution in [1.82, 2.24) is 5.01 Å². The fourth-order valence-corrected chi connectivity index (χ4v) is 2.78. The van der Waals surface area contributed by atoms with E-state index in [-0.39, 0.29) is 11.9 Å². The molecule has 0 radical (unpaired) electrons. The van der Waals surface area contributed by atoms with Gasteiger partial charge in [0.1, 0.15) is 6.04 Å². The number of para-hydroxylation sites is 1. The molecule has 96 valence electrons. The maximum absolute atomic E-state index is 12.0. The molecule has 0 saturated heterocycles. The molecule has 2 aromatic rings. The van der Waals surface area contributed by atoms with Crippen molar-refractivity contribution < 1.29 is 4.79 Å².